The van der Waals surface area contributed by atoms with Crippen molar-refractivity contribution in [1.29, 1.82) is 0 Å². The summed E-state index contributed by atoms with van der Waals surface area (Å²) in [4.78, 5) is 18.4. The van der Waals surface area contributed by atoms with E-state index in [1.807, 2.05) is 49.4 Å². The molecule has 4 aromatic rings. The van der Waals surface area contributed by atoms with Gasteiger partial charge in [-0.15, -0.1) is 0 Å². The zero-order valence-corrected chi connectivity index (χ0v) is 19.7. The van der Waals surface area contributed by atoms with Crippen LogP contribution in [0.4, 0.5) is 5.69 Å². The van der Waals surface area contributed by atoms with Gasteiger partial charge < -0.3 is 10.1 Å². The maximum atomic E-state index is 13.5. The van der Waals surface area contributed by atoms with Crippen LogP contribution in [-0.2, 0) is 9.84 Å². The molecule has 1 fully saturated rings. The molecule has 3 heterocycles. The highest BCUT2D eigenvalue weighted by Gasteiger charge is 2.32. The number of sulfone groups is 1. The Morgan fingerprint density at radius 2 is 1.85 bits per heavy atom. The van der Waals surface area contributed by atoms with Gasteiger partial charge in [0, 0.05) is 5.56 Å². The summed E-state index contributed by atoms with van der Waals surface area (Å²) in [6.45, 7) is 1.81. The highest BCUT2D eigenvalue weighted by molar-refractivity contribution is 7.91. The molecule has 8 nitrogen and oxygen atoms in total. The highest BCUT2D eigenvalue weighted by atomic mass is 32.2. The lowest BCUT2D eigenvalue weighted by Crippen LogP contribution is -2.15. The van der Waals surface area contributed by atoms with Crippen LogP contribution in [0, 0.1) is 6.92 Å². The maximum absolute atomic E-state index is 13.5. The zero-order valence-electron chi connectivity index (χ0n) is 18.9. The van der Waals surface area contributed by atoms with Crippen LogP contribution < -0.4 is 10.1 Å². The number of carbonyl (C=O) groups is 1. The predicted molar refractivity (Wildman–Crippen MR) is 131 cm³/mol. The summed E-state index contributed by atoms with van der Waals surface area (Å²) in [6, 6.07) is 18.2. The van der Waals surface area contributed by atoms with E-state index in [2.05, 4.69) is 10.4 Å². The van der Waals surface area contributed by atoms with Gasteiger partial charge >= 0.3 is 0 Å². The third-order valence-electron chi connectivity index (χ3n) is 6.06. The molecule has 0 saturated carbocycles. The SMILES string of the molecule is COc1ccccc1NC(=O)c1cc(-c2ccccc2)nc2c1c(C)nn2[C@@H]1CCS(=O)(=O)C1. The summed E-state index contributed by atoms with van der Waals surface area (Å²) in [7, 11) is -1.57. The van der Waals surface area contributed by atoms with Crippen molar-refractivity contribution in [2.45, 2.75) is 19.4 Å². The van der Waals surface area contributed by atoms with Crippen molar-refractivity contribution < 1.29 is 17.9 Å². The second-order valence-electron chi connectivity index (χ2n) is 8.36. The van der Waals surface area contributed by atoms with Crippen molar-refractivity contribution in [2.75, 3.05) is 23.9 Å². The fourth-order valence-corrected chi connectivity index (χ4v) is 6.10. The highest BCUT2D eigenvalue weighted by Crippen LogP contribution is 2.33. The van der Waals surface area contributed by atoms with Gasteiger partial charge in [-0.2, -0.15) is 5.10 Å². The van der Waals surface area contributed by atoms with E-state index in [0.717, 1.165) is 5.56 Å². The molecule has 1 atom stereocenters. The molecule has 0 unspecified atom stereocenters. The molecule has 0 aliphatic carbocycles. The molecule has 1 aliphatic rings. The van der Waals surface area contributed by atoms with Gasteiger partial charge in [-0.1, -0.05) is 42.5 Å². The summed E-state index contributed by atoms with van der Waals surface area (Å²) in [5, 5.41) is 8.19. The number of nitrogens with one attached hydrogen (secondary N) is 1. The molecule has 1 saturated heterocycles. The van der Waals surface area contributed by atoms with Crippen LogP contribution in [0.2, 0.25) is 0 Å². The van der Waals surface area contributed by atoms with Crippen molar-refractivity contribution in [3.8, 4) is 17.0 Å². The van der Waals surface area contributed by atoms with E-state index in [1.165, 1.54) is 0 Å². The molecular weight excluding hydrogens is 452 g/mol. The van der Waals surface area contributed by atoms with Gasteiger partial charge in [-0.05, 0) is 31.5 Å². The topological polar surface area (TPSA) is 103 Å². The average Bonchev–Trinajstić information content (AvgIpc) is 3.38. The summed E-state index contributed by atoms with van der Waals surface area (Å²) in [5.74, 6) is 0.365. The molecule has 0 spiro atoms. The number of pyridine rings is 1. The second kappa shape index (κ2) is 8.57. The van der Waals surface area contributed by atoms with Crippen LogP contribution in [0.3, 0.4) is 0 Å². The van der Waals surface area contributed by atoms with Crippen molar-refractivity contribution in [1.82, 2.24) is 14.8 Å². The molecular formula is C25H24N4O4S. The van der Waals surface area contributed by atoms with Gasteiger partial charge in [-0.3, -0.25) is 4.79 Å². The van der Waals surface area contributed by atoms with Crippen LogP contribution >= 0.6 is 0 Å². The smallest absolute Gasteiger partial charge is 0.256 e. The fraction of sp³-hybridized carbons (Fsp3) is 0.240. The first-order valence-corrected chi connectivity index (χ1v) is 12.8. The van der Waals surface area contributed by atoms with Crippen LogP contribution in [0.25, 0.3) is 22.3 Å². The Kier molecular flexibility index (Phi) is 5.57. The molecule has 2 aromatic carbocycles. The number of rotatable bonds is 5. The Labute approximate surface area is 197 Å². The largest absolute Gasteiger partial charge is 0.495 e. The molecule has 1 N–H and O–H groups in total. The fourth-order valence-electron chi connectivity index (χ4n) is 4.41. The number of methoxy groups -OCH3 is 1. The Hall–Kier alpha value is -3.72. The third kappa shape index (κ3) is 4.03. The van der Waals surface area contributed by atoms with Crippen LogP contribution in [0.5, 0.6) is 5.75 Å². The molecule has 9 heteroatoms. The first-order chi connectivity index (χ1) is 16.4. The number of aromatic nitrogens is 3. The first kappa shape index (κ1) is 22.1. The summed E-state index contributed by atoms with van der Waals surface area (Å²) in [5.41, 5.74) is 3.55. The second-order valence-corrected chi connectivity index (χ2v) is 10.6. The number of para-hydroxylation sites is 2. The minimum atomic E-state index is -3.12. The predicted octanol–water partition coefficient (Wildman–Crippen LogP) is 4.03. The lowest BCUT2D eigenvalue weighted by atomic mass is 10.0. The van der Waals surface area contributed by atoms with E-state index in [-0.39, 0.29) is 23.5 Å². The molecule has 5 rings (SSSR count). The number of hydrogen-bond donors (Lipinski definition) is 1. The quantitative estimate of drug-likeness (QED) is 0.467. The van der Waals surface area contributed by atoms with Gasteiger partial charge in [0.1, 0.15) is 5.75 Å². The monoisotopic (exact) mass is 476 g/mol. The molecule has 0 bridgehead atoms. The van der Waals surface area contributed by atoms with Crippen LogP contribution in [0.1, 0.15) is 28.5 Å². The number of aryl methyl sites for hydroxylation is 1. The number of benzene rings is 2. The molecule has 174 valence electrons. The Balaban J connectivity index is 1.68. The van der Waals surface area contributed by atoms with E-state index in [0.29, 0.717) is 45.8 Å². The molecule has 1 amide bonds. The standard InChI is InChI=1S/C25H24N4O4S/c1-16-23-19(25(30)27-20-10-6-7-11-22(20)33-2)14-21(17-8-4-3-5-9-17)26-24(23)29(28-16)18-12-13-34(31,32)15-18/h3-11,14,18H,12-13,15H2,1-2H3,(H,27,30)/t18-/m1/s1. The number of hydrogen-bond acceptors (Lipinski definition) is 6. The van der Waals surface area contributed by atoms with Crippen molar-refractivity contribution in [2.24, 2.45) is 0 Å². The van der Waals surface area contributed by atoms with Crippen LogP contribution in [-0.4, -0.2) is 47.7 Å². The van der Waals surface area contributed by atoms with Gasteiger partial charge in [0.2, 0.25) is 0 Å². The van der Waals surface area contributed by atoms with Crippen molar-refractivity contribution in [3.63, 3.8) is 0 Å². The number of nitrogens with zero attached hydrogens (tertiary/aromatic N) is 3. The lowest BCUT2D eigenvalue weighted by molar-refractivity contribution is 0.102. The summed E-state index contributed by atoms with van der Waals surface area (Å²) in [6.07, 6.45) is 0.471. The van der Waals surface area contributed by atoms with Gasteiger partial charge in [0.25, 0.3) is 5.91 Å². The number of ether oxygens (including phenoxy) is 1. The normalized spacial score (nSPS) is 17.1. The number of amides is 1. The van der Waals surface area contributed by atoms with E-state index in [4.69, 9.17) is 9.72 Å². The van der Waals surface area contributed by atoms with Crippen molar-refractivity contribution in [3.05, 3.63) is 71.9 Å². The van der Waals surface area contributed by atoms with E-state index < -0.39 is 9.84 Å². The van der Waals surface area contributed by atoms with Gasteiger partial charge in [0.15, 0.2) is 15.5 Å². The maximum Gasteiger partial charge on any atom is 0.256 e. The van der Waals surface area contributed by atoms with E-state index >= 15 is 0 Å². The Morgan fingerprint density at radius 1 is 1.12 bits per heavy atom. The Bertz CT molecular complexity index is 1500. The van der Waals surface area contributed by atoms with Gasteiger partial charge in [0.05, 0.1) is 52.7 Å². The lowest BCUT2D eigenvalue weighted by Gasteiger charge is -2.13. The Morgan fingerprint density at radius 3 is 2.56 bits per heavy atom. The van der Waals surface area contributed by atoms with Crippen LogP contribution in [0.15, 0.2) is 60.7 Å². The number of carbonyl (C=O) groups excluding carboxylic acids is 1. The minimum absolute atomic E-state index is 0.0171. The minimum Gasteiger partial charge on any atom is -0.495 e. The average molecular weight is 477 g/mol. The molecule has 1 aliphatic heterocycles. The van der Waals surface area contributed by atoms with E-state index in [9.17, 15) is 13.2 Å². The van der Waals surface area contributed by atoms with Crippen molar-refractivity contribution >= 4 is 32.5 Å². The molecule has 0 radical (unpaired) electrons. The summed E-state index contributed by atoms with van der Waals surface area (Å²) >= 11 is 0. The molecule has 2 aromatic heterocycles. The summed E-state index contributed by atoms with van der Waals surface area (Å²) < 4.78 is 31.4. The number of anilines is 1. The third-order valence-corrected chi connectivity index (χ3v) is 7.81. The van der Waals surface area contributed by atoms with Gasteiger partial charge in [-0.25, -0.2) is 18.1 Å². The zero-order chi connectivity index (χ0) is 23.9. The number of fused-ring (bicyclic) bond motifs is 1. The van der Waals surface area contributed by atoms with E-state index in [1.54, 1.807) is 30.0 Å². The molecule has 34 heavy (non-hydrogen) atoms. The first-order valence-electron chi connectivity index (χ1n) is 11.0.